The van der Waals surface area contributed by atoms with Crippen LogP contribution < -0.4 is 9.62 Å². The Labute approximate surface area is 169 Å². The van der Waals surface area contributed by atoms with Crippen LogP contribution in [0.25, 0.3) is 0 Å². The maximum absolute atomic E-state index is 12.9. The molecule has 0 aliphatic heterocycles. The number of ketones is 1. The number of sulfonamides is 1. The number of carbonyl (C=O) groups is 2. The topological polar surface area (TPSA) is 83.5 Å². The van der Waals surface area contributed by atoms with Crippen LogP contribution in [0.15, 0.2) is 83.8 Å². The average Bonchev–Trinajstić information content (AvgIpc) is 2.74. The van der Waals surface area contributed by atoms with Crippen molar-refractivity contribution in [3.05, 3.63) is 90.0 Å². The van der Waals surface area contributed by atoms with Crippen LogP contribution in [0, 0.1) is 6.92 Å². The summed E-state index contributed by atoms with van der Waals surface area (Å²) in [7, 11) is -2.38. The number of nitrogens with zero attached hydrogens (tertiary/aromatic N) is 1. The van der Waals surface area contributed by atoms with E-state index in [0.29, 0.717) is 5.69 Å². The van der Waals surface area contributed by atoms with Crippen molar-refractivity contribution in [1.29, 1.82) is 0 Å². The molecule has 0 bridgehead atoms. The third-order valence-electron chi connectivity index (χ3n) is 4.39. The van der Waals surface area contributed by atoms with Gasteiger partial charge in [-0.15, -0.1) is 0 Å². The van der Waals surface area contributed by atoms with Crippen LogP contribution in [0.4, 0.5) is 11.4 Å². The molecular weight excluding hydrogens is 388 g/mol. The van der Waals surface area contributed by atoms with Crippen LogP contribution in [-0.4, -0.2) is 27.2 Å². The SMILES string of the molecule is Cc1ccc(C(=O)C(=O)Nc2cccc(S(=O)(=O)N(C)c3ccccc3)c2)cc1. The molecule has 0 heterocycles. The lowest BCUT2D eigenvalue weighted by atomic mass is 10.1. The molecule has 1 amide bonds. The third kappa shape index (κ3) is 4.52. The van der Waals surface area contributed by atoms with E-state index in [9.17, 15) is 18.0 Å². The Kier molecular flexibility index (Phi) is 5.79. The van der Waals surface area contributed by atoms with Gasteiger partial charge in [-0.1, -0.05) is 54.1 Å². The maximum Gasteiger partial charge on any atom is 0.296 e. The molecule has 0 atom stereocenters. The van der Waals surface area contributed by atoms with E-state index in [1.807, 2.05) is 6.92 Å². The Bertz CT molecular complexity index is 1140. The molecule has 0 saturated carbocycles. The first-order chi connectivity index (χ1) is 13.8. The Hall–Kier alpha value is -3.45. The van der Waals surface area contributed by atoms with Crippen molar-refractivity contribution in [1.82, 2.24) is 0 Å². The number of hydrogen-bond acceptors (Lipinski definition) is 4. The molecule has 0 radical (unpaired) electrons. The molecule has 3 rings (SSSR count). The van der Waals surface area contributed by atoms with Crippen molar-refractivity contribution in [2.75, 3.05) is 16.7 Å². The van der Waals surface area contributed by atoms with Crippen molar-refractivity contribution in [2.45, 2.75) is 11.8 Å². The van der Waals surface area contributed by atoms with Gasteiger partial charge in [0.2, 0.25) is 0 Å². The van der Waals surface area contributed by atoms with Gasteiger partial charge in [-0.25, -0.2) is 8.42 Å². The second kappa shape index (κ2) is 8.28. The van der Waals surface area contributed by atoms with Gasteiger partial charge in [0, 0.05) is 18.3 Å². The quantitative estimate of drug-likeness (QED) is 0.499. The van der Waals surface area contributed by atoms with Gasteiger partial charge in [0.25, 0.3) is 21.7 Å². The normalized spacial score (nSPS) is 11.0. The Morgan fingerprint density at radius 2 is 1.52 bits per heavy atom. The highest BCUT2D eigenvalue weighted by Gasteiger charge is 2.22. The fourth-order valence-electron chi connectivity index (χ4n) is 2.69. The minimum atomic E-state index is -3.83. The van der Waals surface area contributed by atoms with Crippen molar-refractivity contribution in [2.24, 2.45) is 0 Å². The number of rotatable bonds is 6. The molecule has 0 aliphatic carbocycles. The second-order valence-corrected chi connectivity index (χ2v) is 8.45. The van der Waals surface area contributed by atoms with E-state index in [0.717, 1.165) is 9.87 Å². The number of aryl methyl sites for hydroxylation is 1. The number of hydrogen-bond donors (Lipinski definition) is 1. The number of benzene rings is 3. The van der Waals surface area contributed by atoms with Crippen LogP contribution in [0.5, 0.6) is 0 Å². The lowest BCUT2D eigenvalue weighted by Gasteiger charge is -2.19. The minimum absolute atomic E-state index is 0.00411. The summed E-state index contributed by atoms with van der Waals surface area (Å²) in [6, 6.07) is 21.1. The Balaban J connectivity index is 1.81. The summed E-state index contributed by atoms with van der Waals surface area (Å²) in [4.78, 5) is 24.6. The average molecular weight is 408 g/mol. The van der Waals surface area contributed by atoms with Crippen LogP contribution in [0.1, 0.15) is 15.9 Å². The number of Topliss-reactive ketones (excluding diaryl/α,β-unsaturated/α-hetero) is 1. The summed E-state index contributed by atoms with van der Waals surface area (Å²) in [6.07, 6.45) is 0. The number of amides is 1. The zero-order valence-electron chi connectivity index (χ0n) is 16.0. The molecular formula is C22H20N2O4S. The van der Waals surface area contributed by atoms with Crippen LogP contribution in [0.3, 0.4) is 0 Å². The standard InChI is InChI=1S/C22H20N2O4S/c1-16-11-13-17(14-12-16)21(25)22(26)23-18-7-6-10-20(15-18)29(27,28)24(2)19-8-4-3-5-9-19/h3-15H,1-2H3,(H,23,26). The molecule has 0 aliphatic rings. The second-order valence-electron chi connectivity index (χ2n) is 6.49. The zero-order valence-corrected chi connectivity index (χ0v) is 16.8. The van der Waals surface area contributed by atoms with Crippen molar-refractivity contribution >= 4 is 33.1 Å². The van der Waals surface area contributed by atoms with Gasteiger partial charge < -0.3 is 5.32 Å². The molecule has 0 fully saturated rings. The van der Waals surface area contributed by atoms with Crippen LogP contribution in [-0.2, 0) is 14.8 Å². The van der Waals surface area contributed by atoms with Gasteiger partial charge in [-0.3, -0.25) is 13.9 Å². The Morgan fingerprint density at radius 1 is 0.862 bits per heavy atom. The molecule has 148 valence electrons. The van der Waals surface area contributed by atoms with E-state index < -0.39 is 21.7 Å². The van der Waals surface area contributed by atoms with Crippen LogP contribution >= 0.6 is 0 Å². The first kappa shape index (κ1) is 20.3. The van der Waals surface area contributed by atoms with Gasteiger partial charge >= 0.3 is 0 Å². The van der Waals surface area contributed by atoms with Crippen LogP contribution in [0.2, 0.25) is 0 Å². The number of carbonyl (C=O) groups excluding carboxylic acids is 2. The fraction of sp³-hybridized carbons (Fsp3) is 0.0909. The number of para-hydroxylation sites is 1. The number of anilines is 2. The zero-order chi connectivity index (χ0) is 21.0. The molecule has 3 aromatic rings. The predicted molar refractivity (Wildman–Crippen MR) is 113 cm³/mol. The van der Waals surface area contributed by atoms with Gasteiger partial charge in [0.15, 0.2) is 0 Å². The largest absolute Gasteiger partial charge is 0.319 e. The lowest BCUT2D eigenvalue weighted by molar-refractivity contribution is -0.112. The molecule has 0 aromatic heterocycles. The first-order valence-corrected chi connectivity index (χ1v) is 10.3. The highest BCUT2D eigenvalue weighted by atomic mass is 32.2. The van der Waals surface area contributed by atoms with Crippen molar-refractivity contribution in [3.8, 4) is 0 Å². The van der Waals surface area contributed by atoms with E-state index in [1.54, 1.807) is 54.6 Å². The molecule has 6 nitrogen and oxygen atoms in total. The summed E-state index contributed by atoms with van der Waals surface area (Å²) in [5, 5.41) is 2.47. The van der Waals surface area contributed by atoms with Crippen molar-refractivity contribution < 1.29 is 18.0 Å². The molecule has 1 N–H and O–H groups in total. The fourth-order valence-corrected chi connectivity index (χ4v) is 3.93. The predicted octanol–water partition coefficient (Wildman–Crippen LogP) is 3.64. The number of nitrogens with one attached hydrogen (secondary N) is 1. The molecule has 0 saturated heterocycles. The molecule has 7 heteroatoms. The summed E-state index contributed by atoms with van der Waals surface area (Å²) in [6.45, 7) is 1.88. The van der Waals surface area contributed by atoms with E-state index in [4.69, 9.17) is 0 Å². The highest BCUT2D eigenvalue weighted by molar-refractivity contribution is 7.92. The van der Waals surface area contributed by atoms with E-state index in [1.165, 1.54) is 31.3 Å². The highest BCUT2D eigenvalue weighted by Crippen LogP contribution is 2.23. The Morgan fingerprint density at radius 3 is 2.17 bits per heavy atom. The van der Waals surface area contributed by atoms with Crippen molar-refractivity contribution in [3.63, 3.8) is 0 Å². The maximum atomic E-state index is 12.9. The van der Waals surface area contributed by atoms with Gasteiger partial charge in [0.1, 0.15) is 0 Å². The van der Waals surface area contributed by atoms with Gasteiger partial charge in [0.05, 0.1) is 10.6 Å². The summed E-state index contributed by atoms with van der Waals surface area (Å²) >= 11 is 0. The molecule has 29 heavy (non-hydrogen) atoms. The summed E-state index contributed by atoms with van der Waals surface area (Å²) in [5.41, 5.74) is 1.97. The summed E-state index contributed by atoms with van der Waals surface area (Å²) < 4.78 is 27.0. The smallest absolute Gasteiger partial charge is 0.296 e. The van der Waals surface area contributed by atoms with Gasteiger partial charge in [-0.2, -0.15) is 0 Å². The molecule has 0 unspecified atom stereocenters. The monoisotopic (exact) mass is 408 g/mol. The summed E-state index contributed by atoms with van der Waals surface area (Å²) in [5.74, 6) is -1.53. The van der Waals surface area contributed by atoms with E-state index in [-0.39, 0.29) is 16.1 Å². The third-order valence-corrected chi connectivity index (χ3v) is 6.17. The lowest BCUT2D eigenvalue weighted by Crippen LogP contribution is -2.27. The molecule has 3 aromatic carbocycles. The molecule has 0 spiro atoms. The minimum Gasteiger partial charge on any atom is -0.319 e. The van der Waals surface area contributed by atoms with E-state index in [2.05, 4.69) is 5.32 Å². The van der Waals surface area contributed by atoms with E-state index >= 15 is 0 Å². The first-order valence-electron chi connectivity index (χ1n) is 8.85. The van der Waals surface area contributed by atoms with Gasteiger partial charge in [-0.05, 0) is 37.3 Å².